The first-order chi connectivity index (χ1) is 12.5. The molecule has 26 heavy (non-hydrogen) atoms. The zero-order valence-corrected chi connectivity index (χ0v) is 16.1. The SMILES string of the molecule is Cc1ccc(NC(=O)CSc2nnnn2-c2c(C)cccc2C)cc1C. The van der Waals surface area contributed by atoms with Gasteiger partial charge < -0.3 is 5.32 Å². The number of aromatic nitrogens is 4. The molecule has 0 aliphatic heterocycles. The van der Waals surface area contributed by atoms with Crippen molar-refractivity contribution < 1.29 is 4.79 Å². The Hall–Kier alpha value is -2.67. The number of carbonyl (C=O) groups excluding carboxylic acids is 1. The van der Waals surface area contributed by atoms with E-state index in [0.29, 0.717) is 5.16 Å². The van der Waals surface area contributed by atoms with Crippen LogP contribution >= 0.6 is 11.8 Å². The highest BCUT2D eigenvalue weighted by molar-refractivity contribution is 7.99. The van der Waals surface area contributed by atoms with E-state index in [-0.39, 0.29) is 11.7 Å². The Kier molecular flexibility index (Phi) is 5.37. The summed E-state index contributed by atoms with van der Waals surface area (Å²) in [6.07, 6.45) is 0. The number of hydrogen-bond donors (Lipinski definition) is 1. The van der Waals surface area contributed by atoms with Crippen LogP contribution in [0.2, 0.25) is 0 Å². The number of carbonyl (C=O) groups is 1. The van der Waals surface area contributed by atoms with Gasteiger partial charge >= 0.3 is 0 Å². The average molecular weight is 367 g/mol. The summed E-state index contributed by atoms with van der Waals surface area (Å²) < 4.78 is 1.69. The fourth-order valence-electron chi connectivity index (χ4n) is 2.70. The molecule has 2 aromatic carbocycles. The highest BCUT2D eigenvalue weighted by Gasteiger charge is 2.15. The average Bonchev–Trinajstić information content (AvgIpc) is 3.04. The highest BCUT2D eigenvalue weighted by atomic mass is 32.2. The first-order valence-electron chi connectivity index (χ1n) is 8.30. The molecule has 0 spiro atoms. The molecule has 3 aromatic rings. The topological polar surface area (TPSA) is 72.7 Å². The monoisotopic (exact) mass is 367 g/mol. The number of tetrazole rings is 1. The molecule has 3 rings (SSSR count). The molecule has 0 unspecified atom stereocenters. The molecule has 1 heterocycles. The third kappa shape index (κ3) is 3.94. The van der Waals surface area contributed by atoms with E-state index >= 15 is 0 Å². The van der Waals surface area contributed by atoms with Crippen LogP contribution in [0.15, 0.2) is 41.6 Å². The van der Waals surface area contributed by atoms with E-state index < -0.39 is 0 Å². The second-order valence-corrected chi connectivity index (χ2v) is 7.19. The second kappa shape index (κ2) is 7.70. The fourth-order valence-corrected chi connectivity index (χ4v) is 3.37. The van der Waals surface area contributed by atoms with E-state index in [1.54, 1.807) is 4.68 Å². The van der Waals surface area contributed by atoms with Gasteiger partial charge in [-0.3, -0.25) is 4.79 Å². The van der Waals surface area contributed by atoms with Crippen molar-refractivity contribution in [3.63, 3.8) is 0 Å². The quantitative estimate of drug-likeness (QED) is 0.697. The number of nitrogens with zero attached hydrogens (tertiary/aromatic N) is 4. The molecule has 1 aromatic heterocycles. The number of rotatable bonds is 5. The van der Waals surface area contributed by atoms with Crippen molar-refractivity contribution in [2.24, 2.45) is 0 Å². The minimum Gasteiger partial charge on any atom is -0.325 e. The zero-order chi connectivity index (χ0) is 18.7. The maximum absolute atomic E-state index is 12.3. The lowest BCUT2D eigenvalue weighted by Crippen LogP contribution is -2.15. The van der Waals surface area contributed by atoms with E-state index in [1.807, 2.05) is 64.1 Å². The molecule has 0 saturated heterocycles. The van der Waals surface area contributed by atoms with Gasteiger partial charge in [0.1, 0.15) is 0 Å². The Balaban J connectivity index is 1.70. The molecule has 0 fully saturated rings. The molecule has 0 radical (unpaired) electrons. The second-order valence-electron chi connectivity index (χ2n) is 6.25. The molecule has 0 bridgehead atoms. The molecule has 134 valence electrons. The number of amides is 1. The largest absolute Gasteiger partial charge is 0.325 e. The van der Waals surface area contributed by atoms with Gasteiger partial charge in [-0.25, -0.2) is 0 Å². The molecule has 0 aliphatic carbocycles. The minimum absolute atomic E-state index is 0.0886. The fraction of sp³-hybridized carbons (Fsp3) is 0.263. The van der Waals surface area contributed by atoms with Crippen LogP contribution in [0.5, 0.6) is 0 Å². The molecule has 1 amide bonds. The molecule has 0 saturated carbocycles. The summed E-state index contributed by atoms with van der Waals surface area (Å²) in [5.41, 5.74) is 6.26. The number of nitrogens with one attached hydrogen (secondary N) is 1. The number of para-hydroxylation sites is 1. The van der Waals surface area contributed by atoms with Crippen molar-refractivity contribution in [3.05, 3.63) is 58.7 Å². The van der Waals surface area contributed by atoms with Crippen molar-refractivity contribution in [2.45, 2.75) is 32.9 Å². The lowest BCUT2D eigenvalue weighted by atomic mass is 10.1. The van der Waals surface area contributed by atoms with Gasteiger partial charge in [-0.15, -0.1) is 5.10 Å². The van der Waals surface area contributed by atoms with E-state index in [4.69, 9.17) is 0 Å². The van der Waals surface area contributed by atoms with Crippen LogP contribution in [0.4, 0.5) is 5.69 Å². The summed E-state index contributed by atoms with van der Waals surface area (Å²) in [5, 5.41) is 15.4. The Morgan fingerprint density at radius 2 is 1.77 bits per heavy atom. The number of anilines is 1. The van der Waals surface area contributed by atoms with Gasteiger partial charge in [-0.1, -0.05) is 36.0 Å². The van der Waals surface area contributed by atoms with Gasteiger partial charge in [0.25, 0.3) is 0 Å². The van der Waals surface area contributed by atoms with E-state index in [2.05, 4.69) is 20.8 Å². The third-order valence-electron chi connectivity index (χ3n) is 4.22. The summed E-state index contributed by atoms with van der Waals surface area (Å²) >= 11 is 1.32. The molecular weight excluding hydrogens is 346 g/mol. The van der Waals surface area contributed by atoms with Gasteiger partial charge in [-0.2, -0.15) is 4.68 Å². The van der Waals surface area contributed by atoms with Crippen LogP contribution < -0.4 is 5.32 Å². The Labute approximate surface area is 157 Å². The minimum atomic E-state index is -0.0886. The third-order valence-corrected chi connectivity index (χ3v) is 5.13. The molecule has 7 heteroatoms. The standard InChI is InChI=1S/C19H21N5OS/c1-12-8-9-16(10-15(12)4)20-17(25)11-26-19-21-22-23-24(19)18-13(2)6-5-7-14(18)3/h5-10H,11H2,1-4H3,(H,20,25). The maximum atomic E-state index is 12.3. The normalized spacial score (nSPS) is 10.8. The van der Waals surface area contributed by atoms with E-state index in [1.165, 1.54) is 17.3 Å². The van der Waals surface area contributed by atoms with Gasteiger partial charge in [-0.05, 0) is 72.5 Å². The van der Waals surface area contributed by atoms with Gasteiger partial charge in [0.15, 0.2) is 0 Å². The predicted molar refractivity (Wildman–Crippen MR) is 104 cm³/mol. The molecule has 6 nitrogen and oxygen atoms in total. The van der Waals surface area contributed by atoms with Crippen LogP contribution in [0.3, 0.4) is 0 Å². The number of hydrogen-bond acceptors (Lipinski definition) is 5. The molecule has 1 N–H and O–H groups in total. The molecular formula is C19H21N5OS. The predicted octanol–water partition coefficient (Wildman–Crippen LogP) is 3.63. The van der Waals surface area contributed by atoms with E-state index in [9.17, 15) is 4.79 Å². The number of aryl methyl sites for hydroxylation is 4. The molecule has 0 aliphatic rings. The Morgan fingerprint density at radius 1 is 1.04 bits per heavy atom. The van der Waals surface area contributed by atoms with Gasteiger partial charge in [0.2, 0.25) is 11.1 Å². The van der Waals surface area contributed by atoms with Crippen LogP contribution in [0.25, 0.3) is 5.69 Å². The van der Waals surface area contributed by atoms with Crippen LogP contribution in [0, 0.1) is 27.7 Å². The maximum Gasteiger partial charge on any atom is 0.234 e. The summed E-state index contributed by atoms with van der Waals surface area (Å²) in [6, 6.07) is 11.9. The van der Waals surface area contributed by atoms with Gasteiger partial charge in [0.05, 0.1) is 11.4 Å². The Bertz CT molecular complexity index is 931. The smallest absolute Gasteiger partial charge is 0.234 e. The van der Waals surface area contributed by atoms with Crippen molar-refractivity contribution in [1.29, 1.82) is 0 Å². The first kappa shape index (κ1) is 18.1. The summed E-state index contributed by atoms with van der Waals surface area (Å²) in [4.78, 5) is 12.3. The van der Waals surface area contributed by atoms with Crippen molar-refractivity contribution in [2.75, 3.05) is 11.1 Å². The van der Waals surface area contributed by atoms with Crippen LogP contribution in [0.1, 0.15) is 22.3 Å². The van der Waals surface area contributed by atoms with Crippen molar-refractivity contribution in [3.8, 4) is 5.69 Å². The lowest BCUT2D eigenvalue weighted by Gasteiger charge is -2.11. The van der Waals surface area contributed by atoms with Crippen LogP contribution in [-0.4, -0.2) is 31.9 Å². The summed E-state index contributed by atoms with van der Waals surface area (Å²) in [7, 11) is 0. The van der Waals surface area contributed by atoms with E-state index in [0.717, 1.165) is 28.1 Å². The lowest BCUT2D eigenvalue weighted by molar-refractivity contribution is -0.113. The highest BCUT2D eigenvalue weighted by Crippen LogP contribution is 2.23. The number of thioether (sulfide) groups is 1. The first-order valence-corrected chi connectivity index (χ1v) is 9.29. The zero-order valence-electron chi connectivity index (χ0n) is 15.3. The van der Waals surface area contributed by atoms with Crippen molar-refractivity contribution >= 4 is 23.4 Å². The van der Waals surface area contributed by atoms with Crippen LogP contribution in [-0.2, 0) is 4.79 Å². The number of benzene rings is 2. The van der Waals surface area contributed by atoms with Gasteiger partial charge in [0, 0.05) is 5.69 Å². The summed E-state index contributed by atoms with van der Waals surface area (Å²) in [5.74, 6) is 0.146. The molecule has 0 atom stereocenters. The summed E-state index contributed by atoms with van der Waals surface area (Å²) in [6.45, 7) is 8.11. The Morgan fingerprint density at radius 3 is 2.46 bits per heavy atom. The van der Waals surface area contributed by atoms with Crippen molar-refractivity contribution in [1.82, 2.24) is 20.2 Å².